The Balaban J connectivity index is 0.948. The van der Waals surface area contributed by atoms with Crippen LogP contribution in [0.5, 0.6) is 0 Å². The summed E-state index contributed by atoms with van der Waals surface area (Å²) >= 11 is 6.61. The topological polar surface area (TPSA) is 111 Å². The molecule has 3 aliphatic heterocycles. The van der Waals surface area contributed by atoms with Gasteiger partial charge in [-0.05, 0) is 94.7 Å². The number of fused-ring (bicyclic) bond motifs is 2. The second kappa shape index (κ2) is 15.8. The highest BCUT2D eigenvalue weighted by atomic mass is 35.5. The predicted octanol–water partition coefficient (Wildman–Crippen LogP) is 9.94. The minimum atomic E-state index is -4.37. The monoisotopic (exact) mass is 839 g/mol. The Morgan fingerprint density at radius 3 is 2.58 bits per heavy atom. The average molecular weight is 840 g/mol. The van der Waals surface area contributed by atoms with Crippen LogP contribution in [0.1, 0.15) is 76.0 Å². The highest BCUT2D eigenvalue weighted by molar-refractivity contribution is 6.32. The third kappa shape index (κ3) is 7.93. The lowest BCUT2D eigenvalue weighted by atomic mass is 9.63. The smallest absolute Gasteiger partial charge is 0.392 e. The number of hydrogen-bond acceptors (Lipinski definition) is 10. The Bertz CT molecular complexity index is 2410. The maximum atomic E-state index is 14.8. The zero-order chi connectivity index (χ0) is 42.7. The Kier molecular flexibility index (Phi) is 10.9. The molecule has 3 aromatic heterocycles. The number of benzene rings is 1. The van der Waals surface area contributed by atoms with Crippen molar-refractivity contribution in [2.24, 2.45) is 18.4 Å². The number of pyridine rings is 1. The minimum Gasteiger partial charge on any atom is -0.392 e. The molecule has 60 heavy (non-hydrogen) atoms. The Morgan fingerprint density at radius 2 is 1.87 bits per heavy atom. The van der Waals surface area contributed by atoms with E-state index in [-0.39, 0.29) is 18.4 Å². The van der Waals surface area contributed by atoms with Crippen LogP contribution in [-0.4, -0.2) is 63.1 Å². The van der Waals surface area contributed by atoms with Crippen molar-refractivity contribution < 1.29 is 13.2 Å². The molecule has 1 aliphatic carbocycles. The van der Waals surface area contributed by atoms with Gasteiger partial charge in [-0.2, -0.15) is 23.3 Å². The molecule has 1 aromatic carbocycles. The van der Waals surface area contributed by atoms with Gasteiger partial charge in [-0.25, -0.2) is 9.97 Å². The van der Waals surface area contributed by atoms with Crippen LogP contribution in [0.4, 0.5) is 42.1 Å². The first-order valence-electron chi connectivity index (χ1n) is 20.5. The number of halogens is 4. The molecule has 3 unspecified atom stereocenters. The molecule has 8 rings (SSSR count). The van der Waals surface area contributed by atoms with Gasteiger partial charge < -0.3 is 31.1 Å². The summed E-state index contributed by atoms with van der Waals surface area (Å²) in [5, 5.41) is 19.1. The lowest BCUT2D eigenvalue weighted by Gasteiger charge is -2.55. The van der Waals surface area contributed by atoms with Crippen LogP contribution in [0.25, 0.3) is 17.0 Å². The molecule has 3 atom stereocenters. The number of rotatable bonds is 11. The van der Waals surface area contributed by atoms with Crippen molar-refractivity contribution in [3.63, 3.8) is 0 Å². The van der Waals surface area contributed by atoms with Gasteiger partial charge in [-0.3, -0.25) is 4.68 Å². The molecule has 6 heterocycles. The largest absolute Gasteiger partial charge is 0.393 e. The molecule has 1 saturated carbocycles. The number of nitrogens with zero attached hydrogens (tertiary/aromatic N) is 7. The first-order chi connectivity index (χ1) is 28.5. The summed E-state index contributed by atoms with van der Waals surface area (Å²) in [6, 6.07) is 7.12. The average Bonchev–Trinajstić information content (AvgIpc) is 3.51. The summed E-state index contributed by atoms with van der Waals surface area (Å²) in [7, 11) is 3.73. The van der Waals surface area contributed by atoms with Crippen LogP contribution in [0.15, 0.2) is 91.3 Å². The van der Waals surface area contributed by atoms with Crippen LogP contribution < -0.4 is 31.1 Å². The Morgan fingerprint density at radius 1 is 1.08 bits per heavy atom. The number of alkyl halides is 3. The fraction of sp³-hybridized carbons (Fsp3) is 0.422. The summed E-state index contributed by atoms with van der Waals surface area (Å²) in [4.78, 5) is 18.1. The molecule has 0 radical (unpaired) electrons. The molecule has 3 fully saturated rings. The molecule has 4 aliphatic rings. The zero-order valence-electron chi connectivity index (χ0n) is 34.7. The van der Waals surface area contributed by atoms with Gasteiger partial charge >= 0.3 is 6.18 Å². The van der Waals surface area contributed by atoms with Crippen LogP contribution in [0, 0.1) is 11.3 Å². The Hall–Kier alpha value is -5.50. The van der Waals surface area contributed by atoms with Gasteiger partial charge in [0.05, 0.1) is 35.2 Å². The molecule has 4 aromatic rings. The quantitative estimate of drug-likeness (QED) is 0.117. The van der Waals surface area contributed by atoms with E-state index in [1.165, 1.54) is 6.20 Å². The normalized spacial score (nSPS) is 21.4. The van der Waals surface area contributed by atoms with E-state index in [0.717, 1.165) is 82.0 Å². The van der Waals surface area contributed by atoms with E-state index >= 15 is 0 Å². The fourth-order valence-corrected chi connectivity index (χ4v) is 9.56. The predicted molar refractivity (Wildman–Crippen MR) is 236 cm³/mol. The number of allylic oxidation sites excluding steroid dienone is 4. The molecule has 0 amide bonds. The standard InChI is InChI=1S/C45H53ClF3N11/c1-25(2)60-29(6)30(11-9-26(3)50-7)17-31-18-33(21-51-42(31)60)55-41-37(46)22-52-43(56-41)59-23-44(24-59)16-15-38(36(20-44)45(47,48)49)54-32-12-14-35-39(19-32)58(8)57-40(35)34-13-10-27(4)53-28(34)5/h12,14,17-19,21-22,25,34,36,38,50,53-54H,3-6,9-11,13,15-16,20,23-24H2,1-2,7-8H3,(H,52,55,56). The van der Waals surface area contributed by atoms with E-state index in [2.05, 4.69) is 77.4 Å². The lowest BCUT2D eigenvalue weighted by Crippen LogP contribution is -2.62. The van der Waals surface area contributed by atoms with Gasteiger partial charge in [0.2, 0.25) is 5.95 Å². The molecule has 4 N–H and O–H groups in total. The Labute approximate surface area is 354 Å². The van der Waals surface area contributed by atoms with Crippen molar-refractivity contribution in [2.75, 3.05) is 40.6 Å². The first kappa shape index (κ1) is 41.2. The summed E-state index contributed by atoms with van der Waals surface area (Å²) < 4.78 is 46.3. The number of anilines is 5. The van der Waals surface area contributed by atoms with E-state index in [9.17, 15) is 13.2 Å². The molecule has 11 nitrogen and oxygen atoms in total. The molecule has 316 valence electrons. The number of aromatic nitrogens is 5. The van der Waals surface area contributed by atoms with Crippen molar-refractivity contribution in [1.82, 2.24) is 35.4 Å². The van der Waals surface area contributed by atoms with Gasteiger partial charge in [-0.1, -0.05) is 37.9 Å². The molecule has 0 bridgehead atoms. The molecule has 1 spiro atoms. The summed E-state index contributed by atoms with van der Waals surface area (Å²) in [6.07, 6.45) is 5.27. The summed E-state index contributed by atoms with van der Waals surface area (Å²) in [6.45, 7) is 21.7. The highest BCUT2D eigenvalue weighted by Crippen LogP contribution is 2.52. The van der Waals surface area contributed by atoms with Crippen molar-refractivity contribution in [3.8, 4) is 0 Å². The second-order valence-corrected chi connectivity index (χ2v) is 17.6. The third-order valence-electron chi connectivity index (χ3n) is 12.6. The van der Waals surface area contributed by atoms with E-state index in [1.54, 1.807) is 10.9 Å². The van der Waals surface area contributed by atoms with Gasteiger partial charge in [0, 0.05) is 90.0 Å². The number of piperidine rings is 1. The molecular formula is C45H53ClF3N11. The van der Waals surface area contributed by atoms with E-state index in [0.29, 0.717) is 54.1 Å². The lowest BCUT2D eigenvalue weighted by molar-refractivity contribution is -0.196. The number of aryl methyl sites for hydroxylation is 1. The number of hydrogen-bond donors (Lipinski definition) is 4. The van der Waals surface area contributed by atoms with Crippen LogP contribution >= 0.6 is 11.6 Å². The fourth-order valence-electron chi connectivity index (χ4n) is 9.42. The third-order valence-corrected chi connectivity index (χ3v) is 12.9. The SMILES string of the molecule is C=C(CCC1=Cc2cc(Nc3nc(N4CC5(CCC(Nc6ccc7c(C8CCC(=C)NC8=C)nn(C)c7c6)C(C(F)(F)F)C5)C4)ncc3Cl)cnc2N(C(C)C)C1=C)NC. The van der Waals surface area contributed by atoms with Crippen molar-refractivity contribution in [1.29, 1.82) is 0 Å². The van der Waals surface area contributed by atoms with E-state index < -0.39 is 23.6 Å². The van der Waals surface area contributed by atoms with Gasteiger partial charge in [0.15, 0.2) is 5.82 Å². The van der Waals surface area contributed by atoms with Crippen molar-refractivity contribution in [3.05, 3.63) is 108 Å². The minimum absolute atomic E-state index is 0.0166. The van der Waals surface area contributed by atoms with Gasteiger partial charge in [-0.15, -0.1) is 0 Å². The van der Waals surface area contributed by atoms with Crippen molar-refractivity contribution >= 4 is 57.5 Å². The number of nitrogens with one attached hydrogen (secondary N) is 4. The molecular weight excluding hydrogens is 787 g/mol. The molecule has 2 saturated heterocycles. The van der Waals surface area contributed by atoms with Crippen LogP contribution in [-0.2, 0) is 7.05 Å². The molecule has 15 heteroatoms. The maximum absolute atomic E-state index is 14.8. The highest BCUT2D eigenvalue weighted by Gasteiger charge is 2.56. The van der Waals surface area contributed by atoms with E-state index in [4.69, 9.17) is 26.7 Å². The zero-order valence-corrected chi connectivity index (χ0v) is 35.4. The van der Waals surface area contributed by atoms with Gasteiger partial charge in [0.25, 0.3) is 0 Å². The second-order valence-electron chi connectivity index (χ2n) is 17.1. The van der Waals surface area contributed by atoms with Gasteiger partial charge in [0.1, 0.15) is 10.8 Å². The van der Waals surface area contributed by atoms with E-state index in [1.807, 2.05) is 43.3 Å². The summed E-state index contributed by atoms with van der Waals surface area (Å²) in [5.74, 6) is 0.134. The van der Waals surface area contributed by atoms with Crippen LogP contribution in [0.2, 0.25) is 5.02 Å². The summed E-state index contributed by atoms with van der Waals surface area (Å²) in [5.41, 5.74) is 8.30. The maximum Gasteiger partial charge on any atom is 0.393 e. The van der Waals surface area contributed by atoms with Crippen molar-refractivity contribution in [2.45, 2.75) is 83.0 Å². The first-order valence-corrected chi connectivity index (χ1v) is 20.9. The van der Waals surface area contributed by atoms with Crippen LogP contribution in [0.3, 0.4) is 0 Å².